The highest BCUT2D eigenvalue weighted by molar-refractivity contribution is 5.72. The number of hydrogen-bond acceptors (Lipinski definition) is 4. The second-order valence-electron chi connectivity index (χ2n) is 6.10. The fourth-order valence-electron chi connectivity index (χ4n) is 3.10. The number of nitriles is 1. The van der Waals surface area contributed by atoms with Crippen molar-refractivity contribution < 1.29 is 9.50 Å². The maximum absolute atomic E-state index is 13.7. The minimum atomic E-state index is -0.697. The van der Waals surface area contributed by atoms with Crippen LogP contribution in [0.15, 0.2) is 42.5 Å². The lowest BCUT2D eigenvalue weighted by atomic mass is 10.1. The predicted molar refractivity (Wildman–Crippen MR) is 92.6 cm³/mol. The summed E-state index contributed by atoms with van der Waals surface area (Å²) < 4.78 is 13.7. The number of nitrogens with zero attached hydrogens (tertiary/aromatic N) is 3. The van der Waals surface area contributed by atoms with E-state index in [2.05, 4.69) is 11.0 Å². The van der Waals surface area contributed by atoms with Crippen LogP contribution in [0, 0.1) is 17.1 Å². The molecule has 2 aromatic carbocycles. The smallest absolute Gasteiger partial charge is 0.125 e. The van der Waals surface area contributed by atoms with Gasteiger partial charge in [-0.15, -0.1) is 0 Å². The summed E-state index contributed by atoms with van der Waals surface area (Å²) in [7, 11) is 2.00. The number of aliphatic hydroxyl groups is 1. The zero-order chi connectivity index (χ0) is 17.1. The van der Waals surface area contributed by atoms with Gasteiger partial charge in [0.1, 0.15) is 5.82 Å². The highest BCUT2D eigenvalue weighted by Crippen LogP contribution is 2.33. The maximum atomic E-state index is 13.7. The van der Waals surface area contributed by atoms with Crippen LogP contribution in [-0.2, 0) is 0 Å². The Morgan fingerprint density at radius 1 is 1.17 bits per heavy atom. The van der Waals surface area contributed by atoms with Crippen LogP contribution in [0.5, 0.6) is 0 Å². The molecule has 0 bridgehead atoms. The molecule has 3 rings (SSSR count). The molecule has 0 aliphatic carbocycles. The van der Waals surface area contributed by atoms with Crippen molar-refractivity contribution >= 4 is 11.4 Å². The van der Waals surface area contributed by atoms with Crippen LogP contribution in [0.1, 0.15) is 23.7 Å². The Balaban J connectivity index is 1.84. The number of β-amino-alcohol motifs (C(OH)–C–C–N with tert-alkyl or cyclic N) is 1. The van der Waals surface area contributed by atoms with Crippen molar-refractivity contribution in [3.05, 3.63) is 59.4 Å². The molecule has 0 fully saturated rings. The van der Waals surface area contributed by atoms with Crippen LogP contribution in [0.25, 0.3) is 0 Å². The van der Waals surface area contributed by atoms with Crippen molar-refractivity contribution in [1.82, 2.24) is 0 Å². The number of halogens is 1. The zero-order valence-electron chi connectivity index (χ0n) is 13.6. The second kappa shape index (κ2) is 6.90. The summed E-state index contributed by atoms with van der Waals surface area (Å²) >= 11 is 0. The molecule has 0 amide bonds. The first-order valence-electron chi connectivity index (χ1n) is 8.02. The van der Waals surface area contributed by atoms with Gasteiger partial charge >= 0.3 is 0 Å². The summed E-state index contributed by atoms with van der Waals surface area (Å²) in [6.45, 7) is 2.03. The summed E-state index contributed by atoms with van der Waals surface area (Å²) in [5.74, 6) is -0.276. The summed E-state index contributed by atoms with van der Waals surface area (Å²) in [5, 5.41) is 19.4. The number of rotatable bonds is 3. The number of aliphatic hydroxyl groups excluding tert-OH is 1. The second-order valence-corrected chi connectivity index (χ2v) is 6.10. The van der Waals surface area contributed by atoms with Gasteiger partial charge in [-0.1, -0.05) is 12.1 Å². The van der Waals surface area contributed by atoms with Crippen molar-refractivity contribution in [2.24, 2.45) is 0 Å². The number of benzene rings is 2. The van der Waals surface area contributed by atoms with Crippen molar-refractivity contribution in [2.45, 2.75) is 12.5 Å². The van der Waals surface area contributed by atoms with Crippen LogP contribution >= 0.6 is 0 Å². The summed E-state index contributed by atoms with van der Waals surface area (Å²) in [6.07, 6.45) is 0.240. The first-order chi connectivity index (χ1) is 11.6. The number of anilines is 2. The monoisotopic (exact) mass is 325 g/mol. The summed E-state index contributed by atoms with van der Waals surface area (Å²) in [5.41, 5.74) is 3.10. The normalized spacial score (nSPS) is 15.4. The molecule has 1 aliphatic heterocycles. The van der Waals surface area contributed by atoms with E-state index in [-0.39, 0.29) is 5.82 Å². The van der Waals surface area contributed by atoms with E-state index >= 15 is 0 Å². The molecule has 0 radical (unpaired) electrons. The predicted octanol–water partition coefficient (Wildman–Crippen LogP) is 3.08. The Morgan fingerprint density at radius 3 is 2.62 bits per heavy atom. The molecular formula is C19H20FN3O. The van der Waals surface area contributed by atoms with Crippen LogP contribution < -0.4 is 9.80 Å². The van der Waals surface area contributed by atoms with E-state index < -0.39 is 6.10 Å². The molecule has 2 aromatic rings. The average Bonchev–Trinajstić information content (AvgIpc) is 2.74. The van der Waals surface area contributed by atoms with Crippen LogP contribution in [0.4, 0.5) is 15.8 Å². The van der Waals surface area contributed by atoms with Crippen molar-refractivity contribution in [2.75, 3.05) is 36.5 Å². The van der Waals surface area contributed by atoms with Crippen LogP contribution in [-0.4, -0.2) is 31.8 Å². The van der Waals surface area contributed by atoms with E-state index in [9.17, 15) is 9.50 Å². The quantitative estimate of drug-likeness (QED) is 0.942. The van der Waals surface area contributed by atoms with E-state index in [1.807, 2.05) is 11.9 Å². The van der Waals surface area contributed by atoms with Crippen LogP contribution in [0.2, 0.25) is 0 Å². The van der Waals surface area contributed by atoms with E-state index in [0.29, 0.717) is 12.1 Å². The Kier molecular flexibility index (Phi) is 4.68. The van der Waals surface area contributed by atoms with Crippen molar-refractivity contribution in [1.29, 1.82) is 5.26 Å². The van der Waals surface area contributed by atoms with Gasteiger partial charge in [0.25, 0.3) is 0 Å². The molecule has 1 heterocycles. The lowest BCUT2D eigenvalue weighted by Gasteiger charge is -2.28. The third-order valence-electron chi connectivity index (χ3n) is 4.43. The first kappa shape index (κ1) is 16.3. The van der Waals surface area contributed by atoms with E-state index in [1.165, 1.54) is 12.1 Å². The van der Waals surface area contributed by atoms with Gasteiger partial charge in [-0.25, -0.2) is 4.39 Å². The third-order valence-corrected chi connectivity index (χ3v) is 4.43. The molecule has 1 atom stereocenters. The van der Waals surface area contributed by atoms with Gasteiger partial charge in [0.05, 0.1) is 29.1 Å². The molecule has 0 spiro atoms. The molecule has 4 nitrogen and oxygen atoms in total. The van der Waals surface area contributed by atoms with Gasteiger partial charge in [0, 0.05) is 26.7 Å². The first-order valence-corrected chi connectivity index (χ1v) is 8.02. The largest absolute Gasteiger partial charge is 0.387 e. The van der Waals surface area contributed by atoms with Gasteiger partial charge in [0.2, 0.25) is 0 Å². The molecule has 0 aromatic heterocycles. The SMILES string of the molecule is CN1CCCN(CC(O)c2ccc(C#N)cc2)c2cc(F)ccc21. The lowest BCUT2D eigenvalue weighted by Crippen LogP contribution is -2.29. The van der Waals surface area contributed by atoms with E-state index in [0.717, 1.165) is 36.4 Å². The molecule has 5 heteroatoms. The van der Waals surface area contributed by atoms with Gasteiger partial charge in [-0.05, 0) is 42.3 Å². The summed E-state index contributed by atoms with van der Waals surface area (Å²) in [6, 6.07) is 13.8. The number of hydrogen-bond donors (Lipinski definition) is 1. The third kappa shape index (κ3) is 3.34. The van der Waals surface area contributed by atoms with Gasteiger partial charge in [-0.3, -0.25) is 0 Å². The Labute approximate surface area is 141 Å². The van der Waals surface area contributed by atoms with Crippen molar-refractivity contribution in [3.63, 3.8) is 0 Å². The maximum Gasteiger partial charge on any atom is 0.125 e. The number of fused-ring (bicyclic) bond motifs is 1. The highest BCUT2D eigenvalue weighted by atomic mass is 19.1. The van der Waals surface area contributed by atoms with Gasteiger partial charge < -0.3 is 14.9 Å². The molecule has 24 heavy (non-hydrogen) atoms. The molecule has 124 valence electrons. The van der Waals surface area contributed by atoms with E-state index in [4.69, 9.17) is 5.26 Å². The standard InChI is InChI=1S/C19H20FN3O/c1-22-9-2-10-23(18-11-16(20)7-8-17(18)22)13-19(24)15-5-3-14(12-21)4-6-15/h3-8,11,19,24H,2,9-10,13H2,1H3. The van der Waals surface area contributed by atoms with Gasteiger partial charge in [-0.2, -0.15) is 5.26 Å². The topological polar surface area (TPSA) is 50.5 Å². The fraction of sp³-hybridized carbons (Fsp3) is 0.316. The van der Waals surface area contributed by atoms with E-state index in [1.54, 1.807) is 30.3 Å². The molecule has 1 unspecified atom stereocenters. The Bertz CT molecular complexity index is 754. The lowest BCUT2D eigenvalue weighted by molar-refractivity contribution is 0.183. The van der Waals surface area contributed by atoms with Gasteiger partial charge in [0.15, 0.2) is 0 Å². The van der Waals surface area contributed by atoms with Crippen LogP contribution in [0.3, 0.4) is 0 Å². The molecule has 0 saturated heterocycles. The molecule has 0 saturated carbocycles. The average molecular weight is 325 g/mol. The highest BCUT2D eigenvalue weighted by Gasteiger charge is 2.21. The zero-order valence-corrected chi connectivity index (χ0v) is 13.6. The Hall–Kier alpha value is -2.58. The summed E-state index contributed by atoms with van der Waals surface area (Å²) in [4.78, 5) is 4.15. The minimum absolute atomic E-state index is 0.276. The Morgan fingerprint density at radius 2 is 1.92 bits per heavy atom. The van der Waals surface area contributed by atoms with Crippen molar-refractivity contribution in [3.8, 4) is 6.07 Å². The minimum Gasteiger partial charge on any atom is -0.387 e. The molecular weight excluding hydrogens is 305 g/mol. The molecule has 1 N–H and O–H groups in total. The fourth-order valence-corrected chi connectivity index (χ4v) is 3.10. The molecule has 1 aliphatic rings.